The van der Waals surface area contributed by atoms with E-state index in [1.54, 1.807) is 19.1 Å². The molecule has 1 aromatic carbocycles. The normalized spacial score (nSPS) is 15.5. The van der Waals surface area contributed by atoms with Gasteiger partial charge >= 0.3 is 0 Å². The molecule has 0 aromatic heterocycles. The third-order valence-electron chi connectivity index (χ3n) is 3.74. The van der Waals surface area contributed by atoms with E-state index in [2.05, 4.69) is 19.2 Å². The summed E-state index contributed by atoms with van der Waals surface area (Å²) >= 11 is 0. The fraction of sp³-hybridized carbons (Fsp3) is 0.600. The van der Waals surface area contributed by atoms with Crippen LogP contribution in [0.2, 0.25) is 0 Å². The van der Waals surface area contributed by atoms with Gasteiger partial charge in [0, 0.05) is 6.04 Å². The second kappa shape index (κ2) is 6.53. The molecular formula is C15H25NO2S. The van der Waals surface area contributed by atoms with Gasteiger partial charge < -0.3 is 5.32 Å². The smallest absolute Gasteiger partial charge is 0.182 e. The predicted octanol–water partition coefficient (Wildman–Crippen LogP) is 2.97. The third-order valence-corrected chi connectivity index (χ3v) is 5.98. The van der Waals surface area contributed by atoms with E-state index < -0.39 is 15.1 Å². The van der Waals surface area contributed by atoms with Crippen molar-refractivity contribution in [1.29, 1.82) is 0 Å². The molecule has 2 atom stereocenters. The minimum atomic E-state index is -3.27. The fourth-order valence-corrected chi connectivity index (χ4v) is 3.95. The summed E-state index contributed by atoms with van der Waals surface area (Å²) in [5.41, 5.74) is 1.16. The predicted molar refractivity (Wildman–Crippen MR) is 80.3 cm³/mol. The Labute approximate surface area is 117 Å². The number of hydrogen-bond acceptors (Lipinski definition) is 3. The van der Waals surface area contributed by atoms with Gasteiger partial charge in [0.15, 0.2) is 9.84 Å². The highest BCUT2D eigenvalue weighted by Crippen LogP contribution is 2.22. The molecule has 0 bridgehead atoms. The third kappa shape index (κ3) is 3.57. The van der Waals surface area contributed by atoms with E-state index in [0.29, 0.717) is 10.8 Å². The Bertz CT molecular complexity index is 487. The molecule has 0 amide bonds. The van der Waals surface area contributed by atoms with E-state index in [0.717, 1.165) is 12.0 Å². The summed E-state index contributed by atoms with van der Waals surface area (Å²) < 4.78 is 25.1. The highest BCUT2D eigenvalue weighted by molar-refractivity contribution is 7.92. The van der Waals surface area contributed by atoms with Gasteiger partial charge in [-0.3, -0.25) is 0 Å². The molecule has 1 N–H and O–H groups in total. The van der Waals surface area contributed by atoms with Crippen LogP contribution in [0.1, 0.15) is 45.6 Å². The van der Waals surface area contributed by atoms with Crippen LogP contribution in [0.3, 0.4) is 0 Å². The lowest BCUT2D eigenvalue weighted by atomic mass is 10.0. The SMILES string of the molecule is CCC(NC)C(C)S(=O)(=O)c1ccc(C(C)C)cc1. The number of rotatable bonds is 6. The van der Waals surface area contributed by atoms with Gasteiger partial charge in [-0.1, -0.05) is 32.9 Å². The minimum Gasteiger partial charge on any atom is -0.316 e. The van der Waals surface area contributed by atoms with E-state index in [-0.39, 0.29) is 6.04 Å². The maximum atomic E-state index is 12.5. The Balaban J connectivity index is 3.06. The zero-order valence-electron chi connectivity index (χ0n) is 12.5. The van der Waals surface area contributed by atoms with Crippen LogP contribution in [0.4, 0.5) is 0 Å². The molecule has 0 saturated carbocycles. The van der Waals surface area contributed by atoms with E-state index in [1.165, 1.54) is 0 Å². The highest BCUT2D eigenvalue weighted by Gasteiger charge is 2.28. The van der Waals surface area contributed by atoms with Crippen molar-refractivity contribution in [3.63, 3.8) is 0 Å². The molecule has 108 valence electrons. The molecular weight excluding hydrogens is 258 g/mol. The van der Waals surface area contributed by atoms with Crippen molar-refractivity contribution in [2.75, 3.05) is 7.05 Å². The summed E-state index contributed by atoms with van der Waals surface area (Å²) in [5.74, 6) is 0.412. The van der Waals surface area contributed by atoms with Crippen molar-refractivity contribution in [1.82, 2.24) is 5.32 Å². The highest BCUT2D eigenvalue weighted by atomic mass is 32.2. The van der Waals surface area contributed by atoms with E-state index >= 15 is 0 Å². The van der Waals surface area contributed by atoms with Gasteiger partial charge in [0.05, 0.1) is 10.1 Å². The van der Waals surface area contributed by atoms with Gasteiger partial charge in [-0.15, -0.1) is 0 Å². The largest absolute Gasteiger partial charge is 0.316 e. The molecule has 3 nitrogen and oxygen atoms in total. The van der Waals surface area contributed by atoms with Crippen molar-refractivity contribution in [2.45, 2.75) is 56.2 Å². The van der Waals surface area contributed by atoms with Crippen LogP contribution in [0.25, 0.3) is 0 Å². The second-order valence-corrected chi connectivity index (χ2v) is 7.58. The molecule has 0 aliphatic carbocycles. The van der Waals surface area contributed by atoms with Crippen molar-refractivity contribution < 1.29 is 8.42 Å². The van der Waals surface area contributed by atoms with E-state index in [4.69, 9.17) is 0 Å². The van der Waals surface area contributed by atoms with Gasteiger partial charge in [-0.05, 0) is 44.0 Å². The quantitative estimate of drug-likeness (QED) is 0.873. The average Bonchev–Trinajstić information content (AvgIpc) is 2.40. The first kappa shape index (κ1) is 16.2. The van der Waals surface area contributed by atoms with Crippen LogP contribution >= 0.6 is 0 Å². The summed E-state index contributed by atoms with van der Waals surface area (Å²) in [5, 5.41) is 2.65. The summed E-state index contributed by atoms with van der Waals surface area (Å²) in [7, 11) is -1.46. The number of sulfone groups is 1. The van der Waals surface area contributed by atoms with Crippen LogP contribution in [-0.2, 0) is 9.84 Å². The second-order valence-electron chi connectivity index (χ2n) is 5.28. The number of hydrogen-bond donors (Lipinski definition) is 1. The zero-order valence-corrected chi connectivity index (χ0v) is 13.3. The van der Waals surface area contributed by atoms with Crippen LogP contribution in [-0.4, -0.2) is 26.8 Å². The Morgan fingerprint density at radius 1 is 1.11 bits per heavy atom. The van der Waals surface area contributed by atoms with Gasteiger partial charge in [-0.25, -0.2) is 8.42 Å². The molecule has 19 heavy (non-hydrogen) atoms. The molecule has 0 spiro atoms. The summed E-state index contributed by atoms with van der Waals surface area (Å²) in [4.78, 5) is 0.415. The molecule has 1 aromatic rings. The van der Waals surface area contributed by atoms with Gasteiger partial charge in [0.2, 0.25) is 0 Å². The minimum absolute atomic E-state index is 0.0187. The summed E-state index contributed by atoms with van der Waals surface area (Å²) in [6, 6.07) is 7.25. The van der Waals surface area contributed by atoms with E-state index in [9.17, 15) is 8.42 Å². The maximum Gasteiger partial charge on any atom is 0.182 e. The lowest BCUT2D eigenvalue weighted by molar-refractivity contribution is 0.505. The molecule has 0 radical (unpaired) electrons. The van der Waals surface area contributed by atoms with Gasteiger partial charge in [0.1, 0.15) is 0 Å². The first-order valence-corrected chi connectivity index (χ1v) is 8.40. The van der Waals surface area contributed by atoms with Crippen LogP contribution in [0, 0.1) is 0 Å². The van der Waals surface area contributed by atoms with E-state index in [1.807, 2.05) is 26.1 Å². The Kier molecular flexibility index (Phi) is 5.56. The lowest BCUT2D eigenvalue weighted by Crippen LogP contribution is -2.40. The molecule has 0 heterocycles. The van der Waals surface area contributed by atoms with Crippen LogP contribution in [0.5, 0.6) is 0 Å². The molecule has 0 aliphatic rings. The van der Waals surface area contributed by atoms with Crippen LogP contribution in [0.15, 0.2) is 29.2 Å². The van der Waals surface area contributed by atoms with Gasteiger partial charge in [0.25, 0.3) is 0 Å². The topological polar surface area (TPSA) is 46.2 Å². The van der Waals surface area contributed by atoms with Crippen molar-refractivity contribution >= 4 is 9.84 Å². The Morgan fingerprint density at radius 3 is 2.00 bits per heavy atom. The molecule has 0 fully saturated rings. The maximum absolute atomic E-state index is 12.5. The standard InChI is InChI=1S/C15H25NO2S/c1-6-15(16-5)12(4)19(17,18)14-9-7-13(8-10-14)11(2)3/h7-12,15-16H,6H2,1-5H3. The van der Waals surface area contributed by atoms with Crippen LogP contribution < -0.4 is 5.32 Å². The lowest BCUT2D eigenvalue weighted by Gasteiger charge is -2.22. The Morgan fingerprint density at radius 2 is 1.63 bits per heavy atom. The summed E-state index contributed by atoms with van der Waals surface area (Å²) in [6.45, 7) is 7.96. The monoisotopic (exact) mass is 283 g/mol. The molecule has 1 rings (SSSR count). The molecule has 0 saturated heterocycles. The first-order valence-electron chi connectivity index (χ1n) is 6.85. The molecule has 2 unspecified atom stereocenters. The number of benzene rings is 1. The Hall–Kier alpha value is -0.870. The molecule has 0 aliphatic heterocycles. The zero-order chi connectivity index (χ0) is 14.6. The van der Waals surface area contributed by atoms with Crippen molar-refractivity contribution in [2.24, 2.45) is 0 Å². The first-order chi connectivity index (χ1) is 8.84. The summed E-state index contributed by atoms with van der Waals surface area (Å²) in [6.07, 6.45) is 0.793. The average molecular weight is 283 g/mol. The van der Waals surface area contributed by atoms with Gasteiger partial charge in [-0.2, -0.15) is 0 Å². The number of nitrogens with one attached hydrogen (secondary N) is 1. The van der Waals surface area contributed by atoms with Crippen molar-refractivity contribution in [3.05, 3.63) is 29.8 Å². The fourth-order valence-electron chi connectivity index (χ4n) is 2.24. The molecule has 4 heteroatoms. The van der Waals surface area contributed by atoms with Crippen molar-refractivity contribution in [3.8, 4) is 0 Å².